The zero-order valence-corrected chi connectivity index (χ0v) is 17.3. The molecule has 0 aromatic carbocycles. The highest BCUT2D eigenvalue weighted by atomic mass is 15.0. The molecule has 1 fully saturated rings. The number of nitrogen functional groups attached to an aromatic ring is 1. The largest absolute Gasteiger partial charge is 0.397 e. The van der Waals surface area contributed by atoms with E-state index in [-0.39, 0.29) is 17.7 Å². The van der Waals surface area contributed by atoms with E-state index in [9.17, 15) is 0 Å². The summed E-state index contributed by atoms with van der Waals surface area (Å²) in [5.74, 6) is 0.380. The lowest BCUT2D eigenvalue weighted by molar-refractivity contribution is 0.409. The van der Waals surface area contributed by atoms with Gasteiger partial charge in [-0.1, -0.05) is 6.07 Å². The molecule has 8 nitrogen and oxygen atoms in total. The van der Waals surface area contributed by atoms with Gasteiger partial charge in [-0.2, -0.15) is 0 Å². The van der Waals surface area contributed by atoms with Gasteiger partial charge in [-0.15, -0.1) is 0 Å². The number of nitrogens with one attached hydrogen (secondary N) is 3. The van der Waals surface area contributed by atoms with Gasteiger partial charge in [-0.05, 0) is 50.8 Å². The fraction of sp³-hybridized carbons (Fsp3) is 0.409. The first kappa shape index (κ1) is 21.6. The van der Waals surface area contributed by atoms with E-state index in [2.05, 4.69) is 20.3 Å². The maximum Gasteiger partial charge on any atom is 0.126 e. The molecule has 2 heterocycles. The van der Waals surface area contributed by atoms with E-state index in [4.69, 9.17) is 22.3 Å². The smallest absolute Gasteiger partial charge is 0.126 e. The normalized spacial score (nSPS) is 20.1. The molecule has 0 amide bonds. The molecule has 1 aliphatic rings. The maximum atomic E-state index is 8.68. The second kappa shape index (κ2) is 10.1. The number of aromatic nitrogens is 2. The molecule has 3 atom stereocenters. The molecule has 1 saturated carbocycles. The van der Waals surface area contributed by atoms with Crippen molar-refractivity contribution in [3.05, 3.63) is 47.4 Å². The van der Waals surface area contributed by atoms with E-state index in [1.165, 1.54) is 12.4 Å². The van der Waals surface area contributed by atoms with Crippen LogP contribution in [0.3, 0.4) is 0 Å². The second-order valence-corrected chi connectivity index (χ2v) is 7.59. The molecule has 0 bridgehead atoms. The minimum Gasteiger partial charge on any atom is -0.397 e. The Bertz CT molecular complexity index is 923. The third kappa shape index (κ3) is 5.27. The summed E-state index contributed by atoms with van der Waals surface area (Å²) in [5.41, 5.74) is 14.5. The van der Waals surface area contributed by atoms with Crippen LogP contribution in [0.15, 0.2) is 35.5 Å². The predicted octanol–water partition coefficient (Wildman–Crippen LogP) is 2.98. The molecule has 0 spiro atoms. The second-order valence-electron chi connectivity index (χ2n) is 7.59. The van der Waals surface area contributed by atoms with Gasteiger partial charge in [0.05, 0.1) is 34.9 Å². The first-order chi connectivity index (χ1) is 14.5. The zero-order valence-electron chi connectivity index (χ0n) is 17.3. The predicted molar refractivity (Wildman–Crippen MR) is 123 cm³/mol. The quantitative estimate of drug-likeness (QED) is 0.427. The number of aliphatic imine (C=N–C) groups is 1. The van der Waals surface area contributed by atoms with Gasteiger partial charge in [0.15, 0.2) is 0 Å². The van der Waals surface area contributed by atoms with Crippen molar-refractivity contribution in [2.75, 3.05) is 17.6 Å². The fourth-order valence-electron chi connectivity index (χ4n) is 3.66. The SMILES string of the molecule is CCN=CC(C=N)c1cc(C(=N)c2cccc(NC3CCCC(N)C3)n2)c(N)cn1. The van der Waals surface area contributed by atoms with Crippen molar-refractivity contribution < 1.29 is 0 Å². The van der Waals surface area contributed by atoms with Crippen LogP contribution in [0.25, 0.3) is 0 Å². The van der Waals surface area contributed by atoms with Gasteiger partial charge in [-0.3, -0.25) is 15.4 Å². The van der Waals surface area contributed by atoms with Crippen molar-refractivity contribution in [1.29, 1.82) is 10.8 Å². The topological polar surface area (TPSA) is 150 Å². The molecule has 3 rings (SSSR count). The van der Waals surface area contributed by atoms with Crippen molar-refractivity contribution in [1.82, 2.24) is 9.97 Å². The lowest BCUT2D eigenvalue weighted by Crippen LogP contribution is -2.35. The highest BCUT2D eigenvalue weighted by molar-refractivity contribution is 6.13. The Morgan fingerprint density at radius 3 is 2.97 bits per heavy atom. The Morgan fingerprint density at radius 2 is 2.23 bits per heavy atom. The monoisotopic (exact) mass is 406 g/mol. The Balaban J connectivity index is 1.83. The molecule has 2 aromatic rings. The minimum absolute atomic E-state index is 0.219. The van der Waals surface area contributed by atoms with Crippen LogP contribution in [-0.4, -0.2) is 46.7 Å². The molecule has 158 valence electrons. The third-order valence-corrected chi connectivity index (χ3v) is 5.27. The van der Waals surface area contributed by atoms with E-state index in [1.807, 2.05) is 19.1 Å². The summed E-state index contributed by atoms with van der Waals surface area (Å²) in [4.78, 5) is 13.2. The maximum absolute atomic E-state index is 8.68. The van der Waals surface area contributed by atoms with Crippen molar-refractivity contribution in [2.45, 2.75) is 50.6 Å². The number of hydrogen-bond donors (Lipinski definition) is 5. The van der Waals surface area contributed by atoms with Crippen LogP contribution in [-0.2, 0) is 0 Å². The first-order valence-corrected chi connectivity index (χ1v) is 10.4. The van der Waals surface area contributed by atoms with E-state index < -0.39 is 0 Å². The summed E-state index contributed by atoms with van der Waals surface area (Å²) in [6, 6.07) is 7.86. The van der Waals surface area contributed by atoms with Crippen LogP contribution in [0.5, 0.6) is 0 Å². The van der Waals surface area contributed by atoms with Gasteiger partial charge < -0.3 is 22.2 Å². The fourth-order valence-corrected chi connectivity index (χ4v) is 3.66. The van der Waals surface area contributed by atoms with Crippen molar-refractivity contribution in [2.24, 2.45) is 10.7 Å². The lowest BCUT2D eigenvalue weighted by atomic mass is 9.91. The van der Waals surface area contributed by atoms with Gasteiger partial charge >= 0.3 is 0 Å². The molecule has 3 unspecified atom stereocenters. The van der Waals surface area contributed by atoms with E-state index >= 15 is 0 Å². The summed E-state index contributed by atoms with van der Waals surface area (Å²) >= 11 is 0. The summed E-state index contributed by atoms with van der Waals surface area (Å²) in [7, 11) is 0. The average molecular weight is 407 g/mol. The summed E-state index contributed by atoms with van der Waals surface area (Å²) in [5, 5.41) is 19.8. The van der Waals surface area contributed by atoms with Crippen LogP contribution in [0.4, 0.5) is 11.5 Å². The zero-order chi connectivity index (χ0) is 21.5. The van der Waals surface area contributed by atoms with Crippen LogP contribution in [0.2, 0.25) is 0 Å². The molecule has 8 heteroatoms. The van der Waals surface area contributed by atoms with Crippen molar-refractivity contribution in [3.8, 4) is 0 Å². The highest BCUT2D eigenvalue weighted by Crippen LogP contribution is 2.22. The summed E-state index contributed by atoms with van der Waals surface area (Å²) in [6.07, 6.45) is 8.68. The third-order valence-electron chi connectivity index (χ3n) is 5.27. The molecular formula is C22H30N8. The molecule has 0 aliphatic heterocycles. The van der Waals surface area contributed by atoms with Crippen LogP contribution >= 0.6 is 0 Å². The summed E-state index contributed by atoms with van der Waals surface area (Å²) < 4.78 is 0. The first-order valence-electron chi connectivity index (χ1n) is 10.4. The molecule has 30 heavy (non-hydrogen) atoms. The number of anilines is 2. The van der Waals surface area contributed by atoms with Crippen LogP contribution in [0.1, 0.15) is 55.5 Å². The molecule has 1 aliphatic carbocycles. The van der Waals surface area contributed by atoms with Gasteiger partial charge in [-0.25, -0.2) is 4.98 Å². The van der Waals surface area contributed by atoms with Gasteiger partial charge in [0.25, 0.3) is 0 Å². The molecule has 0 saturated heterocycles. The standard InChI is InChI=1S/C22H30N8/c1-2-27-12-14(11-23)20-10-17(18(25)13-28-20)22(26)19-7-4-8-21(30-19)29-16-6-3-5-15(24)9-16/h4,7-8,10-16,23,26H,2-3,5-6,9,24-25H2,1H3,(H,29,30). The Kier molecular flexibility index (Phi) is 7.24. The Hall–Kier alpha value is -3.13. The molecule has 2 aromatic heterocycles. The number of rotatable bonds is 8. The average Bonchev–Trinajstić information content (AvgIpc) is 2.75. The van der Waals surface area contributed by atoms with Crippen LogP contribution < -0.4 is 16.8 Å². The minimum atomic E-state index is -0.353. The van der Waals surface area contributed by atoms with E-state index in [1.54, 1.807) is 18.3 Å². The molecule has 7 N–H and O–H groups in total. The number of hydrogen-bond acceptors (Lipinski definition) is 8. The number of pyridine rings is 2. The highest BCUT2D eigenvalue weighted by Gasteiger charge is 2.20. The van der Waals surface area contributed by atoms with Crippen LogP contribution in [0, 0.1) is 10.8 Å². The Labute approximate surface area is 177 Å². The molecule has 0 radical (unpaired) electrons. The van der Waals surface area contributed by atoms with Gasteiger partial charge in [0, 0.05) is 36.6 Å². The van der Waals surface area contributed by atoms with E-state index in [0.29, 0.717) is 35.2 Å². The van der Waals surface area contributed by atoms with E-state index in [0.717, 1.165) is 31.5 Å². The van der Waals surface area contributed by atoms with Crippen molar-refractivity contribution >= 4 is 29.6 Å². The molecular weight excluding hydrogens is 376 g/mol. The van der Waals surface area contributed by atoms with Gasteiger partial charge in [0.1, 0.15) is 5.82 Å². The lowest BCUT2D eigenvalue weighted by Gasteiger charge is -2.27. The number of nitrogens with two attached hydrogens (primary N) is 2. The Morgan fingerprint density at radius 1 is 1.40 bits per heavy atom. The number of nitrogens with zero attached hydrogens (tertiary/aromatic N) is 3. The van der Waals surface area contributed by atoms with Gasteiger partial charge in [0.2, 0.25) is 0 Å². The summed E-state index contributed by atoms with van der Waals surface area (Å²) in [6.45, 7) is 2.57. The van der Waals surface area contributed by atoms with Crippen molar-refractivity contribution in [3.63, 3.8) is 0 Å².